The van der Waals surface area contributed by atoms with Gasteiger partial charge in [0.2, 0.25) is 0 Å². The van der Waals surface area contributed by atoms with Crippen molar-refractivity contribution in [1.29, 1.82) is 0 Å². The van der Waals surface area contributed by atoms with Crippen molar-refractivity contribution in [3.8, 4) is 11.4 Å². The first-order valence-electron chi connectivity index (χ1n) is 12.1. The third-order valence-electron chi connectivity index (χ3n) is 6.55. The summed E-state index contributed by atoms with van der Waals surface area (Å²) in [4.78, 5) is 0. The number of aromatic nitrogens is 2. The molecule has 0 amide bonds. The molecule has 172 valence electrons. The van der Waals surface area contributed by atoms with Crippen molar-refractivity contribution in [2.24, 2.45) is 0 Å². The van der Waals surface area contributed by atoms with Gasteiger partial charge in [-0.25, -0.2) is 4.68 Å². The predicted molar refractivity (Wildman–Crippen MR) is 140 cm³/mol. The molecule has 0 unspecified atom stereocenters. The van der Waals surface area contributed by atoms with Gasteiger partial charge in [-0.2, -0.15) is 5.10 Å². The minimum absolute atomic E-state index is 0.0841. The van der Waals surface area contributed by atoms with Crippen LogP contribution in [0.4, 0.5) is 5.82 Å². The molecule has 0 saturated carbocycles. The lowest BCUT2D eigenvalue weighted by atomic mass is 9.86. The SMILES string of the molecule is c1ccc(COc2ccc(-n3nc(C(c4ccccc4)c4ccccc4)c4c3NCC4)cc2)cc1. The topological polar surface area (TPSA) is 39.1 Å². The second-order valence-electron chi connectivity index (χ2n) is 8.82. The Kier molecular flexibility index (Phi) is 5.77. The number of hydrogen-bond donors (Lipinski definition) is 1. The van der Waals surface area contributed by atoms with E-state index < -0.39 is 0 Å². The summed E-state index contributed by atoms with van der Waals surface area (Å²) in [5.41, 5.74) is 7.10. The van der Waals surface area contributed by atoms with Crippen LogP contribution in [0.2, 0.25) is 0 Å². The number of anilines is 1. The van der Waals surface area contributed by atoms with E-state index in [1.165, 1.54) is 16.7 Å². The number of fused-ring (bicyclic) bond motifs is 1. The molecule has 6 rings (SSSR count). The van der Waals surface area contributed by atoms with Gasteiger partial charge in [-0.05, 0) is 47.4 Å². The molecule has 4 aromatic carbocycles. The fraction of sp³-hybridized carbons (Fsp3) is 0.129. The highest BCUT2D eigenvalue weighted by Crippen LogP contribution is 2.39. The van der Waals surface area contributed by atoms with Crippen molar-refractivity contribution in [1.82, 2.24) is 9.78 Å². The van der Waals surface area contributed by atoms with Crippen molar-refractivity contribution < 1.29 is 4.74 Å². The molecule has 5 aromatic rings. The molecule has 4 heteroatoms. The molecule has 0 bridgehead atoms. The molecule has 1 N–H and O–H groups in total. The molecule has 0 atom stereocenters. The lowest BCUT2D eigenvalue weighted by Gasteiger charge is -2.17. The van der Waals surface area contributed by atoms with Crippen molar-refractivity contribution in [2.45, 2.75) is 18.9 Å². The van der Waals surface area contributed by atoms with E-state index in [-0.39, 0.29) is 5.92 Å². The van der Waals surface area contributed by atoms with Crippen LogP contribution in [-0.4, -0.2) is 16.3 Å². The summed E-state index contributed by atoms with van der Waals surface area (Å²) < 4.78 is 8.04. The van der Waals surface area contributed by atoms with Crippen molar-refractivity contribution in [3.63, 3.8) is 0 Å². The van der Waals surface area contributed by atoms with E-state index in [1.54, 1.807) is 0 Å². The highest BCUT2D eigenvalue weighted by atomic mass is 16.5. The van der Waals surface area contributed by atoms with Gasteiger partial charge in [0, 0.05) is 12.1 Å². The molecule has 0 spiro atoms. The lowest BCUT2D eigenvalue weighted by molar-refractivity contribution is 0.306. The van der Waals surface area contributed by atoms with Crippen molar-refractivity contribution in [3.05, 3.63) is 143 Å². The number of benzene rings is 4. The second kappa shape index (κ2) is 9.51. The van der Waals surface area contributed by atoms with Crippen LogP contribution in [0, 0.1) is 0 Å². The summed E-state index contributed by atoms with van der Waals surface area (Å²) in [5.74, 6) is 2.02. The largest absolute Gasteiger partial charge is 0.489 e. The first-order chi connectivity index (χ1) is 17.4. The molecule has 0 fully saturated rings. The summed E-state index contributed by atoms with van der Waals surface area (Å²) in [7, 11) is 0. The normalized spacial score (nSPS) is 12.4. The van der Waals surface area contributed by atoms with E-state index in [0.717, 1.165) is 41.5 Å². The summed E-state index contributed by atoms with van der Waals surface area (Å²) in [6, 6.07) is 39.8. The standard InChI is InChI=1S/C31H27N3O/c1-4-10-23(11-5-1)22-35-27-18-16-26(17-19-27)34-31-28(20-21-32-31)30(33-34)29(24-12-6-2-7-13-24)25-14-8-3-9-15-25/h1-19,29,32H,20-22H2. The van der Waals surface area contributed by atoms with Crippen LogP contribution in [0.3, 0.4) is 0 Å². The van der Waals surface area contributed by atoms with Gasteiger partial charge in [-0.3, -0.25) is 0 Å². The minimum atomic E-state index is 0.0841. The van der Waals surface area contributed by atoms with Gasteiger partial charge >= 0.3 is 0 Å². The lowest BCUT2D eigenvalue weighted by Crippen LogP contribution is -2.09. The summed E-state index contributed by atoms with van der Waals surface area (Å²) in [6.45, 7) is 1.48. The maximum atomic E-state index is 5.99. The van der Waals surface area contributed by atoms with Crippen LogP contribution in [0.5, 0.6) is 5.75 Å². The Morgan fingerprint density at radius 3 is 1.97 bits per heavy atom. The van der Waals surface area contributed by atoms with E-state index in [0.29, 0.717) is 6.61 Å². The average molecular weight is 458 g/mol. The molecule has 0 aliphatic carbocycles. The highest BCUT2D eigenvalue weighted by molar-refractivity contribution is 5.60. The van der Waals surface area contributed by atoms with Gasteiger partial charge in [0.05, 0.1) is 17.3 Å². The fourth-order valence-electron chi connectivity index (χ4n) is 4.84. The number of hydrogen-bond acceptors (Lipinski definition) is 3. The second-order valence-corrected chi connectivity index (χ2v) is 8.82. The van der Waals surface area contributed by atoms with Gasteiger partial charge < -0.3 is 10.1 Å². The van der Waals surface area contributed by atoms with E-state index in [4.69, 9.17) is 9.84 Å². The third kappa shape index (κ3) is 4.31. The van der Waals surface area contributed by atoms with E-state index in [2.05, 4.69) is 94.9 Å². The van der Waals surface area contributed by atoms with E-state index >= 15 is 0 Å². The first kappa shape index (κ1) is 21.2. The third-order valence-corrected chi connectivity index (χ3v) is 6.55. The van der Waals surface area contributed by atoms with E-state index in [1.807, 2.05) is 30.3 Å². The minimum Gasteiger partial charge on any atom is -0.489 e. The van der Waals surface area contributed by atoms with Crippen LogP contribution >= 0.6 is 0 Å². The Morgan fingerprint density at radius 2 is 1.34 bits per heavy atom. The first-order valence-corrected chi connectivity index (χ1v) is 12.1. The molecule has 1 aliphatic rings. The van der Waals surface area contributed by atoms with Gasteiger partial charge in [0.15, 0.2) is 0 Å². The molecule has 4 nitrogen and oxygen atoms in total. The number of rotatable bonds is 7. The maximum Gasteiger partial charge on any atom is 0.133 e. The van der Waals surface area contributed by atoms with Crippen LogP contribution in [0.25, 0.3) is 5.69 Å². The monoisotopic (exact) mass is 457 g/mol. The Morgan fingerprint density at radius 1 is 0.743 bits per heavy atom. The zero-order chi connectivity index (χ0) is 23.5. The van der Waals surface area contributed by atoms with Gasteiger partial charge in [0.1, 0.15) is 18.2 Å². The van der Waals surface area contributed by atoms with E-state index in [9.17, 15) is 0 Å². The molecular formula is C31H27N3O. The average Bonchev–Trinajstić information content (AvgIpc) is 3.54. The van der Waals surface area contributed by atoms with Crippen LogP contribution in [0.1, 0.15) is 33.9 Å². The van der Waals surface area contributed by atoms with Crippen LogP contribution in [0.15, 0.2) is 115 Å². The van der Waals surface area contributed by atoms with Gasteiger partial charge in [0.25, 0.3) is 0 Å². The zero-order valence-corrected chi connectivity index (χ0v) is 19.5. The Bertz CT molecular complexity index is 1360. The number of nitrogens with one attached hydrogen (secondary N) is 1. The predicted octanol–water partition coefficient (Wildman–Crippen LogP) is 6.60. The van der Waals surface area contributed by atoms with Crippen LogP contribution < -0.4 is 10.1 Å². The Hall–Kier alpha value is -4.31. The maximum absolute atomic E-state index is 5.99. The smallest absolute Gasteiger partial charge is 0.133 e. The molecule has 0 radical (unpaired) electrons. The van der Waals surface area contributed by atoms with Gasteiger partial charge in [-0.1, -0.05) is 91.0 Å². The quantitative estimate of drug-likeness (QED) is 0.299. The Balaban J connectivity index is 1.34. The van der Waals surface area contributed by atoms with Crippen molar-refractivity contribution in [2.75, 3.05) is 11.9 Å². The molecule has 1 aliphatic heterocycles. The van der Waals surface area contributed by atoms with Gasteiger partial charge in [-0.15, -0.1) is 0 Å². The summed E-state index contributed by atoms with van der Waals surface area (Å²) in [5, 5.41) is 8.77. The molecular weight excluding hydrogens is 430 g/mol. The fourth-order valence-corrected chi connectivity index (χ4v) is 4.84. The number of nitrogens with zero attached hydrogens (tertiary/aromatic N) is 2. The molecule has 2 heterocycles. The Labute approximate surface area is 205 Å². The highest BCUT2D eigenvalue weighted by Gasteiger charge is 2.29. The molecule has 0 saturated heterocycles. The zero-order valence-electron chi connectivity index (χ0n) is 19.5. The summed E-state index contributed by atoms with van der Waals surface area (Å²) >= 11 is 0. The van der Waals surface area contributed by atoms with Crippen LogP contribution in [-0.2, 0) is 13.0 Å². The number of ether oxygens (including phenoxy) is 1. The van der Waals surface area contributed by atoms with Crippen molar-refractivity contribution >= 4 is 5.82 Å². The molecule has 1 aromatic heterocycles. The molecule has 35 heavy (non-hydrogen) atoms. The summed E-state index contributed by atoms with van der Waals surface area (Å²) in [6.07, 6.45) is 0.971.